The summed E-state index contributed by atoms with van der Waals surface area (Å²) < 4.78 is 0. The summed E-state index contributed by atoms with van der Waals surface area (Å²) in [4.78, 5) is 16.5. The summed E-state index contributed by atoms with van der Waals surface area (Å²) in [6.07, 6.45) is 7.03. The molecular weight excluding hydrogens is 344 g/mol. The third-order valence-corrected chi connectivity index (χ3v) is 5.24. The fourth-order valence-corrected chi connectivity index (χ4v) is 3.80. The van der Waals surface area contributed by atoms with Crippen molar-refractivity contribution in [2.24, 2.45) is 0 Å². The number of nitrogens with one attached hydrogen (secondary N) is 2. The summed E-state index contributed by atoms with van der Waals surface area (Å²) in [5, 5.41) is 4.23. The molecule has 0 bridgehead atoms. The van der Waals surface area contributed by atoms with Crippen LogP contribution in [-0.2, 0) is 0 Å². The maximum atomic E-state index is 13.1. The second-order valence-electron chi connectivity index (χ2n) is 7.19. The first kappa shape index (κ1) is 18.1. The highest BCUT2D eigenvalue weighted by Crippen LogP contribution is 2.33. The molecule has 0 saturated carbocycles. The molecule has 2 N–H and O–H groups in total. The van der Waals surface area contributed by atoms with Gasteiger partial charge in [0.15, 0.2) is 0 Å². The molecule has 1 aromatic heterocycles. The number of hydrogen-bond acceptors (Lipinski definition) is 1. The predicted octanol–water partition coefficient (Wildman–Crippen LogP) is 6.04. The van der Waals surface area contributed by atoms with Gasteiger partial charge < -0.3 is 10.3 Å². The van der Waals surface area contributed by atoms with Gasteiger partial charge in [0, 0.05) is 39.3 Å². The van der Waals surface area contributed by atoms with Gasteiger partial charge >= 0.3 is 0 Å². The highest BCUT2D eigenvalue weighted by molar-refractivity contribution is 6.01. The molecule has 0 fully saturated rings. The van der Waals surface area contributed by atoms with Crippen LogP contribution < -0.4 is 5.32 Å². The molecule has 1 amide bonds. The summed E-state index contributed by atoms with van der Waals surface area (Å²) >= 11 is 0. The SMILES string of the molecule is C=C(/C(=C\CC)NC(=O)c1cccc2c1C(C)C=C2)c1cc2ccccc2[nH]1. The molecule has 1 atom stereocenters. The number of rotatable bonds is 5. The van der Waals surface area contributed by atoms with Crippen molar-refractivity contribution in [1.82, 2.24) is 10.3 Å². The molecule has 1 heterocycles. The van der Waals surface area contributed by atoms with Gasteiger partial charge in [-0.1, -0.05) is 69.0 Å². The number of benzene rings is 2. The van der Waals surface area contributed by atoms with E-state index < -0.39 is 0 Å². The Balaban J connectivity index is 1.63. The molecule has 28 heavy (non-hydrogen) atoms. The number of hydrogen-bond donors (Lipinski definition) is 2. The minimum absolute atomic E-state index is 0.0932. The van der Waals surface area contributed by atoms with E-state index >= 15 is 0 Å². The van der Waals surface area contributed by atoms with Gasteiger partial charge in [-0.05, 0) is 35.7 Å². The standard InChI is InChI=1S/C25H24N2O/c1-4-8-21(17(3)23-15-19-9-5-6-12-22(19)26-23)27-25(28)20-11-7-10-18-14-13-16(2)24(18)20/h5-16,26H,3-4H2,1-2H3,(H,27,28)/b21-8+. The quantitative estimate of drug-likeness (QED) is 0.530. The second kappa shape index (κ2) is 7.35. The lowest BCUT2D eigenvalue weighted by molar-refractivity contribution is 0.0966. The van der Waals surface area contributed by atoms with Gasteiger partial charge in [-0.3, -0.25) is 4.79 Å². The van der Waals surface area contributed by atoms with E-state index in [2.05, 4.69) is 61.1 Å². The van der Waals surface area contributed by atoms with Crippen molar-refractivity contribution in [1.29, 1.82) is 0 Å². The van der Waals surface area contributed by atoms with Crippen molar-refractivity contribution in [3.63, 3.8) is 0 Å². The van der Waals surface area contributed by atoms with E-state index in [4.69, 9.17) is 0 Å². The summed E-state index contributed by atoms with van der Waals surface area (Å²) in [6.45, 7) is 8.42. The normalized spacial score (nSPS) is 15.6. The first-order chi connectivity index (χ1) is 13.6. The summed E-state index contributed by atoms with van der Waals surface area (Å²) in [6, 6.07) is 16.1. The third-order valence-electron chi connectivity index (χ3n) is 5.24. The average molecular weight is 368 g/mol. The smallest absolute Gasteiger partial charge is 0.255 e. The Labute approximate surface area is 165 Å². The lowest BCUT2D eigenvalue weighted by atomic mass is 9.95. The molecule has 3 nitrogen and oxygen atoms in total. The second-order valence-corrected chi connectivity index (χ2v) is 7.19. The zero-order valence-corrected chi connectivity index (χ0v) is 16.3. The largest absolute Gasteiger partial charge is 0.354 e. The van der Waals surface area contributed by atoms with E-state index in [1.807, 2.05) is 36.4 Å². The van der Waals surface area contributed by atoms with Gasteiger partial charge in [0.05, 0.1) is 0 Å². The van der Waals surface area contributed by atoms with Crippen LogP contribution in [0.3, 0.4) is 0 Å². The molecule has 2 aromatic carbocycles. The molecule has 3 aromatic rings. The number of aromatic amines is 1. The van der Waals surface area contributed by atoms with Crippen LogP contribution in [-0.4, -0.2) is 10.9 Å². The lowest BCUT2D eigenvalue weighted by Crippen LogP contribution is -2.25. The van der Waals surface area contributed by atoms with Crippen molar-refractivity contribution in [3.8, 4) is 0 Å². The molecule has 0 aliphatic heterocycles. The maximum absolute atomic E-state index is 13.1. The number of para-hydroxylation sites is 1. The van der Waals surface area contributed by atoms with E-state index in [1.165, 1.54) is 0 Å². The monoisotopic (exact) mass is 368 g/mol. The van der Waals surface area contributed by atoms with E-state index in [0.717, 1.165) is 51.0 Å². The molecule has 140 valence electrons. The van der Waals surface area contributed by atoms with Gasteiger partial charge in [-0.25, -0.2) is 0 Å². The number of carbonyl (C=O) groups is 1. The van der Waals surface area contributed by atoms with Crippen LogP contribution in [0.25, 0.3) is 22.6 Å². The fraction of sp³-hybridized carbons (Fsp3) is 0.160. The number of H-pyrrole nitrogens is 1. The van der Waals surface area contributed by atoms with Crippen molar-refractivity contribution in [3.05, 3.63) is 95.3 Å². The van der Waals surface area contributed by atoms with Crippen LogP contribution in [0.4, 0.5) is 0 Å². The Morgan fingerprint density at radius 1 is 1.21 bits per heavy atom. The van der Waals surface area contributed by atoms with Crippen molar-refractivity contribution in [2.45, 2.75) is 26.2 Å². The summed E-state index contributed by atoms with van der Waals surface area (Å²) in [5.74, 6) is 0.150. The topological polar surface area (TPSA) is 44.9 Å². The fourth-order valence-electron chi connectivity index (χ4n) is 3.80. The number of allylic oxidation sites excluding steroid dienone is 3. The predicted molar refractivity (Wildman–Crippen MR) is 117 cm³/mol. The van der Waals surface area contributed by atoms with Crippen LogP contribution >= 0.6 is 0 Å². The Morgan fingerprint density at radius 3 is 2.82 bits per heavy atom. The Bertz CT molecular complexity index is 1100. The lowest BCUT2D eigenvalue weighted by Gasteiger charge is -2.15. The summed E-state index contributed by atoms with van der Waals surface area (Å²) in [5.41, 5.74) is 6.43. The van der Waals surface area contributed by atoms with Crippen LogP contribution in [0.2, 0.25) is 0 Å². The Morgan fingerprint density at radius 2 is 2.04 bits per heavy atom. The first-order valence-electron chi connectivity index (χ1n) is 9.68. The van der Waals surface area contributed by atoms with E-state index in [1.54, 1.807) is 0 Å². The first-order valence-corrected chi connectivity index (χ1v) is 9.68. The number of aromatic nitrogens is 1. The zero-order chi connectivity index (χ0) is 19.7. The minimum atomic E-state index is -0.0932. The van der Waals surface area contributed by atoms with Crippen molar-refractivity contribution in [2.75, 3.05) is 0 Å². The number of carbonyl (C=O) groups excluding carboxylic acids is 1. The van der Waals surface area contributed by atoms with Gasteiger partial charge in [0.2, 0.25) is 0 Å². The summed E-state index contributed by atoms with van der Waals surface area (Å²) in [7, 11) is 0. The molecule has 0 spiro atoms. The molecule has 1 aliphatic rings. The minimum Gasteiger partial charge on any atom is -0.354 e. The Kier molecular flexibility index (Phi) is 4.74. The highest BCUT2D eigenvalue weighted by atomic mass is 16.1. The third kappa shape index (κ3) is 3.20. The zero-order valence-electron chi connectivity index (χ0n) is 16.3. The number of fused-ring (bicyclic) bond motifs is 2. The molecule has 1 unspecified atom stereocenters. The van der Waals surface area contributed by atoms with Crippen molar-refractivity contribution >= 4 is 28.5 Å². The van der Waals surface area contributed by atoms with E-state index in [-0.39, 0.29) is 11.8 Å². The van der Waals surface area contributed by atoms with E-state index in [9.17, 15) is 4.79 Å². The molecule has 1 aliphatic carbocycles. The average Bonchev–Trinajstić information content (AvgIpc) is 3.31. The van der Waals surface area contributed by atoms with Gasteiger partial charge in [0.25, 0.3) is 5.91 Å². The molecule has 0 saturated heterocycles. The highest BCUT2D eigenvalue weighted by Gasteiger charge is 2.22. The van der Waals surface area contributed by atoms with Crippen LogP contribution in [0.1, 0.15) is 53.4 Å². The van der Waals surface area contributed by atoms with Crippen LogP contribution in [0, 0.1) is 0 Å². The van der Waals surface area contributed by atoms with Gasteiger partial charge in [-0.2, -0.15) is 0 Å². The van der Waals surface area contributed by atoms with Crippen LogP contribution in [0.15, 0.2) is 73.0 Å². The molecule has 4 rings (SSSR count). The van der Waals surface area contributed by atoms with Gasteiger partial charge in [-0.15, -0.1) is 0 Å². The Hall–Kier alpha value is -3.33. The van der Waals surface area contributed by atoms with Crippen molar-refractivity contribution < 1.29 is 4.79 Å². The molecule has 3 heteroatoms. The molecular formula is C25H24N2O. The maximum Gasteiger partial charge on any atom is 0.255 e. The van der Waals surface area contributed by atoms with Gasteiger partial charge in [0.1, 0.15) is 0 Å². The number of amides is 1. The van der Waals surface area contributed by atoms with Crippen LogP contribution in [0.5, 0.6) is 0 Å². The van der Waals surface area contributed by atoms with E-state index in [0.29, 0.717) is 0 Å². The molecule has 0 radical (unpaired) electrons.